The van der Waals surface area contributed by atoms with Crippen LogP contribution in [0, 0.1) is 0 Å². The summed E-state index contributed by atoms with van der Waals surface area (Å²) in [6, 6.07) is 0. The lowest BCUT2D eigenvalue weighted by Crippen LogP contribution is -2.30. The van der Waals surface area contributed by atoms with Crippen molar-refractivity contribution in [2.24, 2.45) is 0 Å². The first kappa shape index (κ1) is 54.1. The second-order valence-corrected chi connectivity index (χ2v) is 15.6. The first-order valence-corrected chi connectivity index (χ1v) is 23.8. The van der Waals surface area contributed by atoms with Crippen LogP contribution in [0.3, 0.4) is 0 Å². The summed E-state index contributed by atoms with van der Waals surface area (Å²) in [5.74, 6) is -0.927. The third-order valence-electron chi connectivity index (χ3n) is 9.99. The van der Waals surface area contributed by atoms with Gasteiger partial charge in [-0.25, -0.2) is 0 Å². The van der Waals surface area contributed by atoms with E-state index in [4.69, 9.17) is 14.2 Å². The van der Waals surface area contributed by atoms with Gasteiger partial charge in [0, 0.05) is 19.3 Å². The van der Waals surface area contributed by atoms with Crippen molar-refractivity contribution in [1.82, 2.24) is 0 Å². The largest absolute Gasteiger partial charge is 0.462 e. The standard InChI is InChI=1S/C51H88O6/c1-4-7-10-13-16-19-21-23-25-27-29-32-34-37-40-43-49(52)55-46-48(57-51(54)45-42-39-36-31-18-15-12-9-6-3)47-56-50(53)44-41-38-35-33-30-28-26-24-22-20-17-14-11-8-5-2/h7,9-10,12,16,19,23-26,48H,4-6,8,11,13-15,17-18,20-22,27-47H2,1-3H3. The highest BCUT2D eigenvalue weighted by molar-refractivity contribution is 5.71. The van der Waals surface area contributed by atoms with E-state index in [0.717, 1.165) is 122 Å². The molecule has 57 heavy (non-hydrogen) atoms. The SMILES string of the molecule is CCC=CCC=CCC=CCCCCCCCC(=O)OCC(COC(=O)CCCCCCCC=CCCCCCCCC)OC(=O)CCCCCCCC=CCC. The average Bonchev–Trinajstić information content (AvgIpc) is 3.21. The van der Waals surface area contributed by atoms with Crippen LogP contribution in [0.2, 0.25) is 0 Å². The van der Waals surface area contributed by atoms with Crippen LogP contribution in [-0.4, -0.2) is 37.2 Å². The number of carbonyl (C=O) groups is 3. The zero-order valence-corrected chi connectivity index (χ0v) is 37.3. The molecule has 0 aromatic rings. The maximum absolute atomic E-state index is 12.7. The summed E-state index contributed by atoms with van der Waals surface area (Å²) in [7, 11) is 0. The predicted octanol–water partition coefficient (Wildman–Crippen LogP) is 15.3. The van der Waals surface area contributed by atoms with E-state index in [1.807, 2.05) is 0 Å². The average molecular weight is 797 g/mol. The van der Waals surface area contributed by atoms with Gasteiger partial charge in [-0.1, -0.05) is 171 Å². The molecule has 6 heteroatoms. The van der Waals surface area contributed by atoms with Crippen molar-refractivity contribution in [3.05, 3.63) is 60.8 Å². The molecule has 0 spiro atoms. The normalized spacial score (nSPS) is 12.5. The molecule has 0 aliphatic rings. The fourth-order valence-electron chi connectivity index (χ4n) is 6.45. The second-order valence-electron chi connectivity index (χ2n) is 15.6. The molecule has 0 radical (unpaired) electrons. The topological polar surface area (TPSA) is 78.9 Å². The van der Waals surface area contributed by atoms with E-state index in [-0.39, 0.29) is 31.1 Å². The molecule has 0 rings (SSSR count). The summed E-state index contributed by atoms with van der Waals surface area (Å²) in [6.07, 6.45) is 54.9. The number of ether oxygens (including phenoxy) is 3. The second kappa shape index (κ2) is 45.8. The summed E-state index contributed by atoms with van der Waals surface area (Å²) in [4.78, 5) is 37.8. The third kappa shape index (κ3) is 44.1. The van der Waals surface area contributed by atoms with Crippen molar-refractivity contribution < 1.29 is 28.6 Å². The molecule has 0 aromatic carbocycles. The van der Waals surface area contributed by atoms with Crippen LogP contribution in [0.4, 0.5) is 0 Å². The van der Waals surface area contributed by atoms with Gasteiger partial charge in [0.15, 0.2) is 6.10 Å². The number of hydrogen-bond acceptors (Lipinski definition) is 6. The molecule has 1 unspecified atom stereocenters. The number of allylic oxidation sites excluding steroid dienone is 10. The predicted molar refractivity (Wildman–Crippen MR) is 242 cm³/mol. The molecular formula is C51H88O6. The maximum Gasteiger partial charge on any atom is 0.306 e. The minimum Gasteiger partial charge on any atom is -0.462 e. The maximum atomic E-state index is 12.7. The molecule has 0 N–H and O–H groups in total. The number of esters is 3. The van der Waals surface area contributed by atoms with E-state index in [2.05, 4.69) is 81.5 Å². The molecule has 0 heterocycles. The van der Waals surface area contributed by atoms with Gasteiger partial charge in [0.2, 0.25) is 0 Å². The lowest BCUT2D eigenvalue weighted by Gasteiger charge is -2.18. The zero-order valence-electron chi connectivity index (χ0n) is 37.3. The minimum atomic E-state index is -0.786. The van der Waals surface area contributed by atoms with Crippen LogP contribution in [-0.2, 0) is 28.6 Å². The third-order valence-corrected chi connectivity index (χ3v) is 9.99. The van der Waals surface area contributed by atoms with E-state index in [1.54, 1.807) is 0 Å². The Morgan fingerprint density at radius 2 is 0.684 bits per heavy atom. The number of rotatable bonds is 42. The highest BCUT2D eigenvalue weighted by Gasteiger charge is 2.19. The van der Waals surface area contributed by atoms with E-state index in [0.29, 0.717) is 19.3 Å². The van der Waals surface area contributed by atoms with Gasteiger partial charge < -0.3 is 14.2 Å². The number of unbranched alkanes of at least 4 members (excludes halogenated alkanes) is 21. The molecule has 0 saturated heterocycles. The van der Waals surface area contributed by atoms with E-state index >= 15 is 0 Å². The van der Waals surface area contributed by atoms with Crippen molar-refractivity contribution in [3.8, 4) is 0 Å². The van der Waals surface area contributed by atoms with E-state index in [9.17, 15) is 14.4 Å². The van der Waals surface area contributed by atoms with Crippen LogP contribution in [0.15, 0.2) is 60.8 Å². The Morgan fingerprint density at radius 1 is 0.368 bits per heavy atom. The summed E-state index contributed by atoms with van der Waals surface area (Å²) >= 11 is 0. The van der Waals surface area contributed by atoms with Crippen molar-refractivity contribution in [3.63, 3.8) is 0 Å². The lowest BCUT2D eigenvalue weighted by molar-refractivity contribution is -0.167. The summed E-state index contributed by atoms with van der Waals surface area (Å²) in [5, 5.41) is 0. The van der Waals surface area contributed by atoms with Crippen molar-refractivity contribution in [2.45, 2.75) is 232 Å². The molecule has 0 fully saturated rings. The number of hydrogen-bond donors (Lipinski definition) is 0. The smallest absolute Gasteiger partial charge is 0.306 e. The molecule has 6 nitrogen and oxygen atoms in total. The highest BCUT2D eigenvalue weighted by atomic mass is 16.6. The van der Waals surface area contributed by atoms with Gasteiger partial charge in [-0.05, 0) is 96.3 Å². The Balaban J connectivity index is 4.36. The molecular weight excluding hydrogens is 709 g/mol. The van der Waals surface area contributed by atoms with E-state index in [1.165, 1.54) is 64.2 Å². The van der Waals surface area contributed by atoms with Gasteiger partial charge in [0.05, 0.1) is 0 Å². The molecule has 0 saturated carbocycles. The van der Waals surface area contributed by atoms with Crippen LogP contribution in [0.5, 0.6) is 0 Å². The van der Waals surface area contributed by atoms with Crippen molar-refractivity contribution in [2.75, 3.05) is 13.2 Å². The molecule has 0 amide bonds. The van der Waals surface area contributed by atoms with Gasteiger partial charge in [-0.3, -0.25) is 14.4 Å². The Labute approximate surface area is 351 Å². The lowest BCUT2D eigenvalue weighted by atomic mass is 10.1. The minimum absolute atomic E-state index is 0.0881. The van der Waals surface area contributed by atoms with Gasteiger partial charge >= 0.3 is 17.9 Å². The monoisotopic (exact) mass is 797 g/mol. The van der Waals surface area contributed by atoms with Crippen LogP contribution in [0.1, 0.15) is 226 Å². The zero-order chi connectivity index (χ0) is 41.5. The van der Waals surface area contributed by atoms with Gasteiger partial charge in [0.25, 0.3) is 0 Å². The van der Waals surface area contributed by atoms with Gasteiger partial charge in [-0.2, -0.15) is 0 Å². The Bertz CT molecular complexity index is 1050. The fourth-order valence-corrected chi connectivity index (χ4v) is 6.45. The molecule has 1 atom stereocenters. The quantitative estimate of drug-likeness (QED) is 0.0265. The first-order chi connectivity index (χ1) is 28.0. The van der Waals surface area contributed by atoms with Crippen LogP contribution in [0.25, 0.3) is 0 Å². The summed E-state index contributed by atoms with van der Waals surface area (Å²) in [5.41, 5.74) is 0. The Kier molecular flexibility index (Phi) is 43.5. The van der Waals surface area contributed by atoms with E-state index < -0.39 is 6.10 Å². The Hall–Kier alpha value is -2.89. The fraction of sp³-hybridized carbons (Fsp3) is 0.745. The van der Waals surface area contributed by atoms with Crippen molar-refractivity contribution >= 4 is 17.9 Å². The Morgan fingerprint density at radius 3 is 1.12 bits per heavy atom. The summed E-state index contributed by atoms with van der Waals surface area (Å²) in [6.45, 7) is 6.38. The first-order valence-electron chi connectivity index (χ1n) is 23.8. The molecule has 0 aliphatic carbocycles. The molecule has 0 aromatic heterocycles. The summed E-state index contributed by atoms with van der Waals surface area (Å²) < 4.78 is 16.7. The molecule has 0 aliphatic heterocycles. The van der Waals surface area contributed by atoms with Gasteiger partial charge in [-0.15, -0.1) is 0 Å². The van der Waals surface area contributed by atoms with Crippen LogP contribution >= 0.6 is 0 Å². The number of carbonyl (C=O) groups excluding carboxylic acids is 3. The van der Waals surface area contributed by atoms with Crippen LogP contribution < -0.4 is 0 Å². The molecule has 328 valence electrons. The highest BCUT2D eigenvalue weighted by Crippen LogP contribution is 2.13. The van der Waals surface area contributed by atoms with Crippen molar-refractivity contribution in [1.29, 1.82) is 0 Å². The molecule has 0 bridgehead atoms. The van der Waals surface area contributed by atoms with Gasteiger partial charge in [0.1, 0.15) is 13.2 Å².